The molecule has 1 amide bonds. The highest BCUT2D eigenvalue weighted by molar-refractivity contribution is 7.21. The Morgan fingerprint density at radius 3 is 2.77 bits per heavy atom. The predicted octanol–water partition coefficient (Wildman–Crippen LogP) is 4.63. The Balaban J connectivity index is 1.44. The van der Waals surface area contributed by atoms with Gasteiger partial charge in [-0.3, -0.25) is 9.69 Å². The third-order valence-electron chi connectivity index (χ3n) is 5.40. The number of hydrogen-bond donors (Lipinski definition) is 1. The van der Waals surface area contributed by atoms with Crippen molar-refractivity contribution >= 4 is 27.3 Å². The van der Waals surface area contributed by atoms with Gasteiger partial charge in [0.05, 0.1) is 30.8 Å². The first kappa shape index (κ1) is 22.0. The largest absolute Gasteiger partial charge is 0.375 e. The molecule has 2 heterocycles. The number of ether oxygens (including phenoxy) is 2. The number of morpholine rings is 1. The van der Waals surface area contributed by atoms with Gasteiger partial charge in [-0.05, 0) is 30.9 Å². The summed E-state index contributed by atoms with van der Waals surface area (Å²) < 4.78 is 13.2. The van der Waals surface area contributed by atoms with Crippen LogP contribution in [0.3, 0.4) is 0 Å². The molecule has 31 heavy (non-hydrogen) atoms. The highest BCUT2D eigenvalue weighted by atomic mass is 32.1. The van der Waals surface area contributed by atoms with Gasteiger partial charge in [0.25, 0.3) is 5.91 Å². The van der Waals surface area contributed by atoms with E-state index in [1.807, 2.05) is 44.2 Å². The summed E-state index contributed by atoms with van der Waals surface area (Å²) in [7, 11) is 0. The number of carbonyl (C=O) groups excluding carboxylic acids is 1. The Bertz CT molecular complexity index is 1000. The molecule has 0 saturated carbocycles. The molecule has 164 valence electrons. The fourth-order valence-electron chi connectivity index (χ4n) is 3.92. The van der Waals surface area contributed by atoms with Crippen molar-refractivity contribution in [1.82, 2.24) is 10.2 Å². The Morgan fingerprint density at radius 1 is 1.19 bits per heavy atom. The normalized spacial score (nSPS) is 17.3. The number of thiophene rings is 1. The number of carbonyl (C=O) groups is 1. The van der Waals surface area contributed by atoms with E-state index in [-0.39, 0.29) is 18.1 Å². The molecule has 1 aliphatic heterocycles. The number of nitrogens with one attached hydrogen (secondary N) is 1. The van der Waals surface area contributed by atoms with Crippen LogP contribution in [0.25, 0.3) is 10.1 Å². The molecule has 4 rings (SSSR count). The Morgan fingerprint density at radius 2 is 1.97 bits per heavy atom. The smallest absolute Gasteiger partial charge is 0.261 e. The molecule has 0 radical (unpaired) electrons. The highest BCUT2D eigenvalue weighted by Crippen LogP contribution is 2.38. The summed E-state index contributed by atoms with van der Waals surface area (Å²) >= 11 is 1.55. The lowest BCUT2D eigenvalue weighted by atomic mass is 10.0. The third-order valence-corrected chi connectivity index (χ3v) is 6.58. The molecule has 0 spiro atoms. The van der Waals surface area contributed by atoms with Crippen molar-refractivity contribution < 1.29 is 14.3 Å². The first-order chi connectivity index (χ1) is 15.1. The van der Waals surface area contributed by atoms with Gasteiger partial charge < -0.3 is 14.8 Å². The molecule has 0 aliphatic carbocycles. The van der Waals surface area contributed by atoms with Gasteiger partial charge in [-0.25, -0.2) is 0 Å². The van der Waals surface area contributed by atoms with E-state index >= 15 is 0 Å². The fourth-order valence-corrected chi connectivity index (χ4v) is 5.08. The first-order valence-corrected chi connectivity index (χ1v) is 11.7. The summed E-state index contributed by atoms with van der Waals surface area (Å²) in [5.74, 6) is -0.0156. The van der Waals surface area contributed by atoms with Crippen LogP contribution in [-0.2, 0) is 16.1 Å². The van der Waals surface area contributed by atoms with Crippen molar-refractivity contribution in [3.63, 3.8) is 0 Å². The SMILES string of the molecule is CC(C)NC(=O)c1sc2ccccc2c1C1CN(CCOCc2ccccc2)CCO1. The summed E-state index contributed by atoms with van der Waals surface area (Å²) in [4.78, 5) is 16.1. The van der Waals surface area contributed by atoms with Gasteiger partial charge in [0.1, 0.15) is 0 Å². The average Bonchev–Trinajstić information content (AvgIpc) is 3.17. The summed E-state index contributed by atoms with van der Waals surface area (Å²) in [6.45, 7) is 8.41. The zero-order chi connectivity index (χ0) is 21.6. The van der Waals surface area contributed by atoms with Gasteiger partial charge in [0, 0.05) is 35.9 Å². The molecule has 2 aromatic carbocycles. The molecule has 6 heteroatoms. The Hall–Kier alpha value is -2.25. The standard InChI is InChI=1S/C25H30N2O3S/c1-18(2)26-25(28)24-23(20-10-6-7-11-22(20)31-24)21-16-27(13-15-30-21)12-14-29-17-19-8-4-3-5-9-19/h3-11,18,21H,12-17H2,1-2H3,(H,26,28). The second-order valence-electron chi connectivity index (χ2n) is 8.17. The summed E-state index contributed by atoms with van der Waals surface area (Å²) in [5.41, 5.74) is 2.21. The van der Waals surface area contributed by atoms with E-state index < -0.39 is 0 Å². The second-order valence-corrected chi connectivity index (χ2v) is 9.22. The zero-order valence-corrected chi connectivity index (χ0v) is 19.0. The number of fused-ring (bicyclic) bond motifs is 1. The molecule has 5 nitrogen and oxygen atoms in total. The van der Waals surface area contributed by atoms with E-state index in [0.29, 0.717) is 19.8 Å². The van der Waals surface area contributed by atoms with Gasteiger partial charge in [-0.15, -0.1) is 11.3 Å². The molecule has 0 bridgehead atoms. The number of hydrogen-bond acceptors (Lipinski definition) is 5. The number of rotatable bonds is 8. The van der Waals surface area contributed by atoms with Crippen LogP contribution in [0, 0.1) is 0 Å². The lowest BCUT2D eigenvalue weighted by molar-refractivity contribution is -0.0381. The van der Waals surface area contributed by atoms with Crippen molar-refractivity contribution in [1.29, 1.82) is 0 Å². The molecule has 1 atom stereocenters. The maximum Gasteiger partial charge on any atom is 0.261 e. The van der Waals surface area contributed by atoms with Crippen molar-refractivity contribution in [2.75, 3.05) is 32.8 Å². The van der Waals surface area contributed by atoms with E-state index in [4.69, 9.17) is 9.47 Å². The van der Waals surface area contributed by atoms with Crippen molar-refractivity contribution in [3.05, 3.63) is 70.6 Å². The lowest BCUT2D eigenvalue weighted by Gasteiger charge is -2.33. The average molecular weight is 439 g/mol. The molecule has 1 saturated heterocycles. The van der Waals surface area contributed by atoms with Gasteiger partial charge in [0.2, 0.25) is 0 Å². The molecule has 1 aliphatic rings. The van der Waals surface area contributed by atoms with Gasteiger partial charge in [-0.1, -0.05) is 48.5 Å². The minimum atomic E-state index is -0.119. The Kier molecular flexibility index (Phi) is 7.35. The van der Waals surface area contributed by atoms with Crippen LogP contribution in [0.15, 0.2) is 54.6 Å². The molecular weight excluding hydrogens is 408 g/mol. The van der Waals surface area contributed by atoms with Gasteiger partial charge >= 0.3 is 0 Å². The summed E-state index contributed by atoms with van der Waals surface area (Å²) in [5, 5.41) is 4.17. The highest BCUT2D eigenvalue weighted by Gasteiger charge is 2.29. The van der Waals surface area contributed by atoms with Crippen LogP contribution in [0.1, 0.15) is 40.8 Å². The number of amides is 1. The number of benzene rings is 2. The minimum Gasteiger partial charge on any atom is -0.375 e. The van der Waals surface area contributed by atoms with Crippen LogP contribution in [0.5, 0.6) is 0 Å². The summed E-state index contributed by atoms with van der Waals surface area (Å²) in [6, 6.07) is 18.6. The molecule has 1 N–H and O–H groups in total. The molecule has 1 aromatic heterocycles. The van der Waals surface area contributed by atoms with Crippen molar-refractivity contribution in [2.45, 2.75) is 32.6 Å². The molecule has 1 unspecified atom stereocenters. The van der Waals surface area contributed by atoms with E-state index in [9.17, 15) is 4.79 Å². The zero-order valence-electron chi connectivity index (χ0n) is 18.2. The van der Waals surface area contributed by atoms with Crippen LogP contribution in [0.2, 0.25) is 0 Å². The maximum absolute atomic E-state index is 12.9. The van der Waals surface area contributed by atoms with Crippen LogP contribution < -0.4 is 5.32 Å². The number of nitrogens with zero attached hydrogens (tertiary/aromatic N) is 1. The predicted molar refractivity (Wildman–Crippen MR) is 126 cm³/mol. The first-order valence-electron chi connectivity index (χ1n) is 10.9. The Labute approximate surface area is 188 Å². The van der Waals surface area contributed by atoms with E-state index in [1.165, 1.54) is 5.56 Å². The van der Waals surface area contributed by atoms with Crippen LogP contribution in [0.4, 0.5) is 0 Å². The van der Waals surface area contributed by atoms with Gasteiger partial charge in [-0.2, -0.15) is 0 Å². The van der Waals surface area contributed by atoms with Crippen LogP contribution in [-0.4, -0.2) is 49.7 Å². The molecule has 3 aromatic rings. The summed E-state index contributed by atoms with van der Waals surface area (Å²) in [6.07, 6.45) is -0.119. The third kappa shape index (κ3) is 5.52. The minimum absolute atomic E-state index is 0.0156. The lowest BCUT2D eigenvalue weighted by Crippen LogP contribution is -2.40. The quantitative estimate of drug-likeness (QED) is 0.521. The van der Waals surface area contributed by atoms with Crippen LogP contribution >= 0.6 is 11.3 Å². The molecule has 1 fully saturated rings. The van der Waals surface area contributed by atoms with Crippen molar-refractivity contribution in [3.8, 4) is 0 Å². The second kappa shape index (κ2) is 10.4. The van der Waals surface area contributed by atoms with Crippen molar-refractivity contribution in [2.24, 2.45) is 0 Å². The monoisotopic (exact) mass is 438 g/mol. The topological polar surface area (TPSA) is 50.8 Å². The van der Waals surface area contributed by atoms with E-state index in [1.54, 1.807) is 11.3 Å². The maximum atomic E-state index is 12.9. The van der Waals surface area contributed by atoms with Gasteiger partial charge in [0.15, 0.2) is 0 Å². The fraction of sp³-hybridized carbons (Fsp3) is 0.400. The van der Waals surface area contributed by atoms with E-state index in [2.05, 4.69) is 34.5 Å². The van der Waals surface area contributed by atoms with E-state index in [0.717, 1.165) is 40.2 Å². The molecular formula is C25H30N2O3S.